The Morgan fingerprint density at radius 3 is 1.53 bits per heavy atom. The first-order chi connectivity index (χ1) is 29.4. The van der Waals surface area contributed by atoms with E-state index in [1.54, 1.807) is 0 Å². The molecule has 0 radical (unpaired) electrons. The fourth-order valence-electron chi connectivity index (χ4n) is 9.81. The van der Waals surface area contributed by atoms with Crippen LogP contribution in [0.25, 0.3) is 65.0 Å². The zero-order valence-electron chi connectivity index (χ0n) is 34.2. The molecule has 0 unspecified atom stereocenters. The first kappa shape index (κ1) is 36.2. The molecule has 60 heavy (non-hydrogen) atoms. The van der Waals surface area contributed by atoms with Crippen molar-refractivity contribution >= 4 is 107 Å². The van der Waals surface area contributed by atoms with Gasteiger partial charge in [0.2, 0.25) is 6.71 Å². The van der Waals surface area contributed by atoms with Crippen LogP contribution in [0.2, 0.25) is 19.6 Å². The van der Waals surface area contributed by atoms with Crippen LogP contribution in [0.5, 0.6) is 0 Å². The predicted molar refractivity (Wildman–Crippen MR) is 266 cm³/mol. The van der Waals surface area contributed by atoms with Crippen LogP contribution in [0, 0.1) is 0 Å². The summed E-state index contributed by atoms with van der Waals surface area (Å²) in [7, 11) is -1.51. The van der Waals surface area contributed by atoms with E-state index in [2.05, 4.69) is 237 Å². The van der Waals surface area contributed by atoms with Crippen molar-refractivity contribution in [1.29, 1.82) is 0 Å². The minimum atomic E-state index is -1.51. The number of nitrogens with zero attached hydrogens (tertiary/aromatic N) is 1. The topological polar surface area (TPSA) is 3.24 Å². The van der Waals surface area contributed by atoms with Gasteiger partial charge in [-0.3, -0.25) is 0 Å². The summed E-state index contributed by atoms with van der Waals surface area (Å²) < 4.78 is 0. The van der Waals surface area contributed by atoms with E-state index < -0.39 is 8.07 Å². The molecule has 11 aromatic rings. The molecule has 0 heterocycles. The molecule has 0 aliphatic heterocycles. The van der Waals surface area contributed by atoms with Crippen molar-refractivity contribution in [2.45, 2.75) is 19.6 Å². The second kappa shape index (κ2) is 14.4. The number of para-hydroxylation sites is 1. The van der Waals surface area contributed by atoms with Gasteiger partial charge in [0.05, 0.1) is 19.4 Å². The maximum absolute atomic E-state index is 2.50. The van der Waals surface area contributed by atoms with Gasteiger partial charge in [0.25, 0.3) is 0 Å². The Morgan fingerprint density at radius 2 is 0.867 bits per heavy atom. The Balaban J connectivity index is 1.19. The lowest BCUT2D eigenvalue weighted by Crippen LogP contribution is -2.52. The smallest absolute Gasteiger partial charge is 0.243 e. The zero-order chi connectivity index (χ0) is 40.4. The van der Waals surface area contributed by atoms with E-state index in [4.69, 9.17) is 0 Å². The molecule has 0 aliphatic carbocycles. The van der Waals surface area contributed by atoms with E-state index in [0.29, 0.717) is 0 Å². The van der Waals surface area contributed by atoms with Gasteiger partial charge < -0.3 is 4.90 Å². The van der Waals surface area contributed by atoms with E-state index in [1.165, 1.54) is 92.3 Å². The quantitative estimate of drug-likeness (QED) is 0.110. The maximum atomic E-state index is 2.50. The average molecular weight is 782 g/mol. The molecule has 0 aromatic heterocycles. The Bertz CT molecular complexity index is 3280. The number of benzene rings is 11. The summed E-state index contributed by atoms with van der Waals surface area (Å²) >= 11 is 0. The van der Waals surface area contributed by atoms with Gasteiger partial charge in [-0.05, 0) is 78.3 Å². The van der Waals surface area contributed by atoms with Gasteiger partial charge in [0, 0.05) is 16.6 Å². The lowest BCUT2D eigenvalue weighted by molar-refractivity contribution is 1.30. The maximum Gasteiger partial charge on any atom is 0.243 e. The number of hydrogen-bond acceptors (Lipinski definition) is 1. The fourth-order valence-corrected chi connectivity index (χ4v) is 11.0. The van der Waals surface area contributed by atoms with E-state index in [1.807, 2.05) is 0 Å². The Hall–Kier alpha value is -6.94. The van der Waals surface area contributed by atoms with E-state index in [0.717, 1.165) is 11.4 Å². The number of anilines is 3. The Morgan fingerprint density at radius 1 is 0.350 bits per heavy atom. The molecule has 0 saturated carbocycles. The third kappa shape index (κ3) is 6.00. The Labute approximate surface area is 353 Å². The molecule has 0 saturated heterocycles. The lowest BCUT2D eigenvalue weighted by atomic mass is 9.35. The summed E-state index contributed by atoms with van der Waals surface area (Å²) in [6.45, 7) is 7.27. The highest BCUT2D eigenvalue weighted by Gasteiger charge is 2.29. The normalized spacial score (nSPS) is 11.9. The molecule has 0 spiro atoms. The molecule has 0 atom stereocenters. The first-order valence-corrected chi connectivity index (χ1v) is 24.6. The molecule has 3 heteroatoms. The van der Waals surface area contributed by atoms with Crippen LogP contribution in [0.3, 0.4) is 0 Å². The second-order valence-corrected chi connectivity index (χ2v) is 22.3. The largest absolute Gasteiger partial charge is 0.309 e. The first-order valence-electron chi connectivity index (χ1n) is 21.1. The highest BCUT2D eigenvalue weighted by atomic mass is 28.3. The monoisotopic (exact) mass is 781 g/mol. The molecule has 11 rings (SSSR count). The molecule has 1 nitrogen and oxygen atoms in total. The van der Waals surface area contributed by atoms with Gasteiger partial charge in [-0.1, -0.05) is 229 Å². The molecule has 284 valence electrons. The molecule has 0 N–H and O–H groups in total. The van der Waals surface area contributed by atoms with Crippen molar-refractivity contribution in [2.75, 3.05) is 4.90 Å². The summed E-state index contributed by atoms with van der Waals surface area (Å²) in [4.78, 5) is 2.50. The van der Waals surface area contributed by atoms with Gasteiger partial charge in [-0.2, -0.15) is 0 Å². The van der Waals surface area contributed by atoms with Crippen LogP contribution in [0.15, 0.2) is 212 Å². The van der Waals surface area contributed by atoms with Gasteiger partial charge in [0.1, 0.15) is 0 Å². The van der Waals surface area contributed by atoms with E-state index in [-0.39, 0.29) is 6.71 Å². The van der Waals surface area contributed by atoms with Gasteiger partial charge in [-0.25, -0.2) is 0 Å². The van der Waals surface area contributed by atoms with Crippen molar-refractivity contribution in [3.05, 3.63) is 212 Å². The van der Waals surface area contributed by atoms with Crippen molar-refractivity contribution in [3.8, 4) is 11.1 Å². The van der Waals surface area contributed by atoms with Crippen LogP contribution in [0.4, 0.5) is 17.1 Å². The fraction of sp³-hybridized carbons (Fsp3) is 0.0526. The number of hydrogen-bond donors (Lipinski definition) is 0. The minimum Gasteiger partial charge on any atom is -0.309 e. The second-order valence-electron chi connectivity index (χ2n) is 17.2. The van der Waals surface area contributed by atoms with Crippen LogP contribution < -0.4 is 26.5 Å². The summed E-state index contributed by atoms with van der Waals surface area (Å²) in [6, 6.07) is 79.3. The average Bonchev–Trinajstić information content (AvgIpc) is 3.29. The van der Waals surface area contributed by atoms with Crippen LogP contribution in [0.1, 0.15) is 0 Å². The van der Waals surface area contributed by atoms with Crippen molar-refractivity contribution < 1.29 is 0 Å². The molecule has 11 aromatic carbocycles. The van der Waals surface area contributed by atoms with Crippen LogP contribution in [-0.2, 0) is 0 Å². The molecule has 0 bridgehead atoms. The third-order valence-electron chi connectivity index (χ3n) is 12.7. The van der Waals surface area contributed by atoms with E-state index in [9.17, 15) is 0 Å². The molecular formula is C57H44BNSi. The zero-order valence-corrected chi connectivity index (χ0v) is 35.2. The summed E-state index contributed by atoms with van der Waals surface area (Å²) in [5.74, 6) is 0. The Kier molecular flexibility index (Phi) is 8.68. The van der Waals surface area contributed by atoms with Crippen molar-refractivity contribution in [2.24, 2.45) is 0 Å². The predicted octanol–water partition coefficient (Wildman–Crippen LogP) is 13.1. The summed E-state index contributed by atoms with van der Waals surface area (Å²) in [5, 5.41) is 14.2. The van der Waals surface area contributed by atoms with E-state index >= 15 is 0 Å². The molecule has 0 aliphatic rings. The summed E-state index contributed by atoms with van der Waals surface area (Å²) in [6.07, 6.45) is 0. The molecular weight excluding hydrogens is 738 g/mol. The van der Waals surface area contributed by atoms with Crippen molar-refractivity contribution in [3.63, 3.8) is 0 Å². The standard InChI is InChI=1S/C57H44BNSi/c1-60(2,3)45-33-31-44(32-34-45)59(54-26-12-11-23-48(54)41-15-5-4-6-16-41)55-38-30-43-27-35-49-53(37-29-42-28-36-50(55)57(43)56(42)49)58(51-24-13-19-39-17-7-9-21-46(39)51)52-25-14-20-40-18-8-10-22-47(40)52/h4-38H,1-3H3. The molecule has 0 fully saturated rings. The third-order valence-corrected chi connectivity index (χ3v) is 14.8. The van der Waals surface area contributed by atoms with Crippen molar-refractivity contribution in [1.82, 2.24) is 0 Å². The summed E-state index contributed by atoms with van der Waals surface area (Å²) in [5.41, 5.74) is 9.86. The van der Waals surface area contributed by atoms with Gasteiger partial charge in [-0.15, -0.1) is 0 Å². The number of rotatable bonds is 8. The molecule has 0 amide bonds. The highest BCUT2D eigenvalue weighted by Crippen LogP contribution is 2.46. The SMILES string of the molecule is C[Si](C)(C)c1ccc(N(c2ccccc2-c2ccccc2)c2ccc3ccc4c(B(c5cccc6ccccc56)c5cccc6ccccc56)ccc5ccc2c3c54)cc1. The van der Waals surface area contributed by atoms with Gasteiger partial charge >= 0.3 is 0 Å². The number of fused-ring (bicyclic) bond motifs is 2. The minimum absolute atomic E-state index is 0.00497. The van der Waals surface area contributed by atoms with Crippen LogP contribution in [-0.4, -0.2) is 14.8 Å². The lowest BCUT2D eigenvalue weighted by Gasteiger charge is -2.30. The highest BCUT2D eigenvalue weighted by molar-refractivity contribution is 6.99. The van der Waals surface area contributed by atoms with Crippen LogP contribution >= 0.6 is 0 Å². The van der Waals surface area contributed by atoms with Gasteiger partial charge in [0.15, 0.2) is 0 Å².